The molecule has 0 amide bonds. The van der Waals surface area contributed by atoms with Crippen molar-refractivity contribution in [2.75, 3.05) is 18.9 Å². The van der Waals surface area contributed by atoms with E-state index in [0.29, 0.717) is 6.61 Å². The van der Waals surface area contributed by atoms with Crippen molar-refractivity contribution < 1.29 is 17.9 Å². The second kappa shape index (κ2) is 7.26. The summed E-state index contributed by atoms with van der Waals surface area (Å²) in [5, 5.41) is 0. The summed E-state index contributed by atoms with van der Waals surface area (Å²) in [6.45, 7) is 0.656. The van der Waals surface area contributed by atoms with Crippen LogP contribution in [0.4, 0.5) is 18.9 Å². The number of rotatable bonds is 7. The van der Waals surface area contributed by atoms with Gasteiger partial charge in [-0.15, -0.1) is 0 Å². The highest BCUT2D eigenvalue weighted by Crippen LogP contribution is 2.21. The lowest BCUT2D eigenvalue weighted by atomic mass is 10.1. The van der Waals surface area contributed by atoms with E-state index in [1.165, 1.54) is 0 Å². The first kappa shape index (κ1) is 14.8. The Hall–Kier alpha value is -1.23. The Balaban J connectivity index is 2.00. The van der Waals surface area contributed by atoms with E-state index in [2.05, 4.69) is 0 Å². The van der Waals surface area contributed by atoms with Crippen LogP contribution < -0.4 is 5.73 Å². The topological polar surface area (TPSA) is 35.2 Å². The first-order valence-corrected chi connectivity index (χ1v) is 5.96. The third-order valence-corrected chi connectivity index (χ3v) is 2.48. The average Bonchev–Trinajstić information content (AvgIpc) is 2.29. The molecule has 0 atom stereocenters. The van der Waals surface area contributed by atoms with Crippen LogP contribution in [0.3, 0.4) is 0 Å². The number of nitrogens with two attached hydrogens (primary N) is 1. The molecule has 0 bridgehead atoms. The summed E-state index contributed by atoms with van der Waals surface area (Å²) in [4.78, 5) is 0. The molecule has 0 aromatic heterocycles. The third kappa shape index (κ3) is 7.17. The molecular formula is C13H18F3NO. The monoisotopic (exact) mass is 261 g/mol. The molecule has 2 nitrogen and oxygen atoms in total. The van der Waals surface area contributed by atoms with Gasteiger partial charge in [0.1, 0.15) is 0 Å². The molecule has 18 heavy (non-hydrogen) atoms. The van der Waals surface area contributed by atoms with E-state index in [1.54, 1.807) is 0 Å². The van der Waals surface area contributed by atoms with E-state index in [4.69, 9.17) is 10.5 Å². The number of nitrogen functional groups attached to an aromatic ring is 1. The van der Waals surface area contributed by atoms with Gasteiger partial charge in [-0.1, -0.05) is 12.1 Å². The van der Waals surface area contributed by atoms with Gasteiger partial charge in [0.15, 0.2) is 0 Å². The number of halogens is 3. The molecule has 0 aliphatic heterocycles. The van der Waals surface area contributed by atoms with Gasteiger partial charge in [0, 0.05) is 25.3 Å². The molecule has 0 unspecified atom stereocenters. The fourth-order valence-electron chi connectivity index (χ4n) is 1.54. The summed E-state index contributed by atoms with van der Waals surface area (Å²) in [6, 6.07) is 7.55. The summed E-state index contributed by atoms with van der Waals surface area (Å²) in [5.74, 6) is 0. The van der Waals surface area contributed by atoms with Gasteiger partial charge < -0.3 is 10.5 Å². The second-order valence-electron chi connectivity index (χ2n) is 4.18. The molecule has 0 radical (unpaired) electrons. The molecule has 5 heteroatoms. The van der Waals surface area contributed by atoms with Crippen LogP contribution in [-0.2, 0) is 11.2 Å². The van der Waals surface area contributed by atoms with E-state index in [1.807, 2.05) is 24.3 Å². The molecule has 1 aromatic rings. The molecule has 2 N–H and O–H groups in total. The van der Waals surface area contributed by atoms with Crippen molar-refractivity contribution in [3.63, 3.8) is 0 Å². The number of ether oxygens (including phenoxy) is 1. The summed E-state index contributed by atoms with van der Waals surface area (Å²) in [7, 11) is 0. The predicted molar refractivity (Wildman–Crippen MR) is 65.3 cm³/mol. The minimum atomic E-state index is -4.08. The first-order valence-electron chi connectivity index (χ1n) is 5.96. The Morgan fingerprint density at radius 1 is 1.00 bits per heavy atom. The van der Waals surface area contributed by atoms with E-state index in [9.17, 15) is 13.2 Å². The highest BCUT2D eigenvalue weighted by Gasteiger charge is 2.25. The Morgan fingerprint density at radius 2 is 1.61 bits per heavy atom. The zero-order valence-corrected chi connectivity index (χ0v) is 10.2. The van der Waals surface area contributed by atoms with E-state index >= 15 is 0 Å². The van der Waals surface area contributed by atoms with Gasteiger partial charge >= 0.3 is 6.18 Å². The third-order valence-electron chi connectivity index (χ3n) is 2.48. The minimum absolute atomic E-state index is 0.0331. The van der Waals surface area contributed by atoms with Gasteiger partial charge in [-0.25, -0.2) is 0 Å². The predicted octanol–water partition coefficient (Wildman–Crippen LogP) is 3.56. The zero-order chi connectivity index (χ0) is 13.4. The Labute approximate surface area is 105 Å². The smallest absolute Gasteiger partial charge is 0.389 e. The number of aryl methyl sites for hydroxylation is 1. The van der Waals surface area contributed by atoms with Crippen molar-refractivity contribution in [1.29, 1.82) is 0 Å². The van der Waals surface area contributed by atoms with Crippen molar-refractivity contribution in [2.24, 2.45) is 0 Å². The van der Waals surface area contributed by atoms with Crippen LogP contribution >= 0.6 is 0 Å². The molecule has 102 valence electrons. The molecule has 1 aromatic carbocycles. The quantitative estimate of drug-likeness (QED) is 0.601. The van der Waals surface area contributed by atoms with Crippen LogP contribution in [0.5, 0.6) is 0 Å². The van der Waals surface area contributed by atoms with Gasteiger partial charge in [-0.05, 0) is 37.0 Å². The normalized spacial score (nSPS) is 11.7. The van der Waals surface area contributed by atoms with Crippen LogP contribution in [-0.4, -0.2) is 19.4 Å². The molecule has 0 saturated heterocycles. The molecule has 0 aliphatic rings. The average molecular weight is 261 g/mol. The first-order chi connectivity index (χ1) is 8.47. The van der Waals surface area contributed by atoms with E-state index in [0.717, 1.165) is 24.1 Å². The highest BCUT2D eigenvalue weighted by atomic mass is 19.4. The fourth-order valence-corrected chi connectivity index (χ4v) is 1.54. The fraction of sp³-hybridized carbons (Fsp3) is 0.538. The maximum Gasteiger partial charge on any atom is 0.389 e. The number of anilines is 1. The van der Waals surface area contributed by atoms with Gasteiger partial charge in [-0.2, -0.15) is 13.2 Å². The molecule has 0 aliphatic carbocycles. The van der Waals surface area contributed by atoms with Crippen LogP contribution in [0.2, 0.25) is 0 Å². The van der Waals surface area contributed by atoms with Crippen molar-refractivity contribution in [3.05, 3.63) is 29.8 Å². The van der Waals surface area contributed by atoms with Gasteiger partial charge in [0.2, 0.25) is 0 Å². The van der Waals surface area contributed by atoms with Crippen LogP contribution in [0, 0.1) is 0 Å². The lowest BCUT2D eigenvalue weighted by molar-refractivity contribution is -0.137. The molecular weight excluding hydrogens is 243 g/mol. The van der Waals surface area contributed by atoms with E-state index < -0.39 is 12.6 Å². The Bertz CT molecular complexity index is 335. The summed E-state index contributed by atoms with van der Waals surface area (Å²) in [5.41, 5.74) is 7.43. The molecule has 0 fully saturated rings. The Morgan fingerprint density at radius 3 is 2.22 bits per heavy atom. The highest BCUT2D eigenvalue weighted by molar-refractivity contribution is 5.39. The van der Waals surface area contributed by atoms with Gasteiger partial charge in [-0.3, -0.25) is 0 Å². The summed E-state index contributed by atoms with van der Waals surface area (Å²) in [6.07, 6.45) is -3.17. The van der Waals surface area contributed by atoms with E-state index in [-0.39, 0.29) is 13.0 Å². The standard InChI is InChI=1S/C13H18F3NO/c14-13(15,16)8-2-10-18-9-1-3-11-4-6-12(17)7-5-11/h4-7H,1-3,8-10,17H2. The Kier molecular flexibility index (Phi) is 5.98. The van der Waals surface area contributed by atoms with Crippen LogP contribution in [0.25, 0.3) is 0 Å². The molecule has 0 heterocycles. The van der Waals surface area contributed by atoms with Crippen molar-refractivity contribution in [1.82, 2.24) is 0 Å². The lowest BCUT2D eigenvalue weighted by Gasteiger charge is -2.07. The zero-order valence-electron chi connectivity index (χ0n) is 10.2. The van der Waals surface area contributed by atoms with Crippen molar-refractivity contribution in [2.45, 2.75) is 31.9 Å². The molecule has 0 saturated carbocycles. The minimum Gasteiger partial charge on any atom is -0.399 e. The second-order valence-corrected chi connectivity index (χ2v) is 4.18. The maximum atomic E-state index is 11.8. The van der Waals surface area contributed by atoms with Crippen molar-refractivity contribution in [3.8, 4) is 0 Å². The summed E-state index contributed by atoms with van der Waals surface area (Å²) < 4.78 is 40.6. The number of hydrogen-bond acceptors (Lipinski definition) is 2. The maximum absolute atomic E-state index is 11.8. The molecule has 1 rings (SSSR count). The summed E-state index contributed by atoms with van der Waals surface area (Å²) >= 11 is 0. The number of benzene rings is 1. The lowest BCUT2D eigenvalue weighted by Crippen LogP contribution is -2.09. The number of hydrogen-bond donors (Lipinski definition) is 1. The van der Waals surface area contributed by atoms with Gasteiger partial charge in [0.05, 0.1) is 0 Å². The largest absolute Gasteiger partial charge is 0.399 e. The SMILES string of the molecule is Nc1ccc(CCCOCCCC(F)(F)F)cc1. The number of alkyl halides is 3. The van der Waals surface area contributed by atoms with Crippen LogP contribution in [0.15, 0.2) is 24.3 Å². The van der Waals surface area contributed by atoms with Crippen LogP contribution in [0.1, 0.15) is 24.8 Å². The van der Waals surface area contributed by atoms with Gasteiger partial charge in [0.25, 0.3) is 0 Å². The molecule has 0 spiro atoms. The van der Waals surface area contributed by atoms with Crippen molar-refractivity contribution >= 4 is 5.69 Å².